The molecule has 0 unspecified atom stereocenters. The Morgan fingerprint density at radius 2 is 1.85 bits per heavy atom. The van der Waals surface area contributed by atoms with E-state index in [0.717, 1.165) is 31.0 Å². The predicted molar refractivity (Wildman–Crippen MR) is 71.3 cm³/mol. The number of carbonyl (C=O) groups excluding carboxylic acids is 1. The topological polar surface area (TPSA) is 49.3 Å². The molecule has 1 amide bonds. The average Bonchev–Trinajstić information content (AvgIpc) is 2.40. The van der Waals surface area contributed by atoms with Gasteiger partial charge in [0.05, 0.1) is 12.1 Å². The highest BCUT2D eigenvalue weighted by atomic mass is 19.1. The molecule has 0 atom stereocenters. The van der Waals surface area contributed by atoms with Crippen LogP contribution in [0.3, 0.4) is 0 Å². The lowest BCUT2D eigenvalue weighted by atomic mass is 9.77. The molecule has 3 nitrogen and oxygen atoms in total. The van der Waals surface area contributed by atoms with Gasteiger partial charge in [0.15, 0.2) is 0 Å². The molecular weight excluding hydrogens is 264 g/mol. The van der Waals surface area contributed by atoms with E-state index in [9.17, 15) is 18.7 Å². The molecule has 5 heteroatoms. The zero-order valence-corrected chi connectivity index (χ0v) is 11.5. The van der Waals surface area contributed by atoms with E-state index in [0.29, 0.717) is 18.8 Å². The lowest BCUT2D eigenvalue weighted by Gasteiger charge is -2.38. The molecule has 110 valence electrons. The summed E-state index contributed by atoms with van der Waals surface area (Å²) in [5, 5.41) is 12.3. The van der Waals surface area contributed by atoms with Crippen LogP contribution in [0.5, 0.6) is 0 Å². The molecule has 0 saturated heterocycles. The van der Waals surface area contributed by atoms with Crippen molar-refractivity contribution in [3.8, 4) is 0 Å². The summed E-state index contributed by atoms with van der Waals surface area (Å²) in [4.78, 5) is 12.1. The summed E-state index contributed by atoms with van der Waals surface area (Å²) in [5.74, 6) is -1.55. The van der Waals surface area contributed by atoms with Gasteiger partial charge < -0.3 is 10.4 Å². The van der Waals surface area contributed by atoms with E-state index in [1.54, 1.807) is 0 Å². The minimum atomic E-state index is -0.787. The molecule has 0 bridgehead atoms. The van der Waals surface area contributed by atoms with E-state index in [-0.39, 0.29) is 12.2 Å². The van der Waals surface area contributed by atoms with Crippen molar-refractivity contribution in [3.63, 3.8) is 0 Å². The normalized spacial score (nSPS) is 26.3. The fourth-order valence-corrected chi connectivity index (χ4v) is 2.64. The van der Waals surface area contributed by atoms with Gasteiger partial charge in [-0.05, 0) is 43.7 Å². The largest absolute Gasteiger partial charge is 0.394 e. The van der Waals surface area contributed by atoms with Crippen LogP contribution in [-0.2, 0) is 0 Å². The van der Waals surface area contributed by atoms with Gasteiger partial charge >= 0.3 is 0 Å². The van der Waals surface area contributed by atoms with Crippen molar-refractivity contribution < 1.29 is 18.7 Å². The van der Waals surface area contributed by atoms with E-state index in [2.05, 4.69) is 12.2 Å². The zero-order chi connectivity index (χ0) is 14.8. The van der Waals surface area contributed by atoms with Crippen molar-refractivity contribution in [1.82, 2.24) is 5.32 Å². The number of amides is 1. The Morgan fingerprint density at radius 1 is 1.30 bits per heavy atom. The highest BCUT2D eigenvalue weighted by Gasteiger charge is 2.35. The number of halogens is 2. The molecule has 0 spiro atoms. The van der Waals surface area contributed by atoms with Crippen LogP contribution in [0, 0.1) is 17.6 Å². The highest BCUT2D eigenvalue weighted by Crippen LogP contribution is 2.31. The van der Waals surface area contributed by atoms with E-state index in [4.69, 9.17) is 0 Å². The Labute approximate surface area is 117 Å². The molecule has 0 heterocycles. The van der Waals surface area contributed by atoms with Gasteiger partial charge in [-0.3, -0.25) is 4.79 Å². The van der Waals surface area contributed by atoms with Crippen molar-refractivity contribution in [3.05, 3.63) is 35.4 Å². The zero-order valence-electron chi connectivity index (χ0n) is 11.5. The van der Waals surface area contributed by atoms with Crippen LogP contribution in [-0.4, -0.2) is 23.2 Å². The molecule has 0 radical (unpaired) electrons. The first kappa shape index (κ1) is 14.9. The molecule has 1 aliphatic rings. The third kappa shape index (κ3) is 3.33. The maximum absolute atomic E-state index is 13.1. The van der Waals surface area contributed by atoms with Crippen molar-refractivity contribution in [2.45, 2.75) is 38.1 Å². The Balaban J connectivity index is 2.13. The summed E-state index contributed by atoms with van der Waals surface area (Å²) >= 11 is 0. The summed E-state index contributed by atoms with van der Waals surface area (Å²) in [6, 6.07) is 2.71. The van der Waals surface area contributed by atoms with Gasteiger partial charge in [-0.2, -0.15) is 0 Å². The second-order valence-electron chi connectivity index (χ2n) is 5.73. The Kier molecular flexibility index (Phi) is 4.38. The Morgan fingerprint density at radius 3 is 2.35 bits per heavy atom. The lowest BCUT2D eigenvalue weighted by molar-refractivity contribution is 0.0716. The predicted octanol–water partition coefficient (Wildman–Crippen LogP) is 2.64. The summed E-state index contributed by atoms with van der Waals surface area (Å²) in [6.45, 7) is 1.97. The number of nitrogens with one attached hydrogen (secondary N) is 1. The smallest absolute Gasteiger partial charge is 0.251 e. The molecule has 1 aromatic carbocycles. The second kappa shape index (κ2) is 5.87. The SMILES string of the molecule is CC1CCC(CO)(NC(=O)c2cc(F)cc(F)c2)CC1. The monoisotopic (exact) mass is 283 g/mol. The van der Waals surface area contributed by atoms with Gasteiger partial charge in [-0.1, -0.05) is 6.92 Å². The van der Waals surface area contributed by atoms with Gasteiger partial charge in [0.2, 0.25) is 0 Å². The molecule has 1 saturated carbocycles. The van der Waals surface area contributed by atoms with Crippen LogP contribution in [0.15, 0.2) is 18.2 Å². The molecule has 20 heavy (non-hydrogen) atoms. The first-order chi connectivity index (χ1) is 9.44. The second-order valence-corrected chi connectivity index (χ2v) is 5.73. The number of hydrogen-bond acceptors (Lipinski definition) is 2. The van der Waals surface area contributed by atoms with Gasteiger partial charge in [0, 0.05) is 11.6 Å². The molecular formula is C15H19F2NO2. The number of rotatable bonds is 3. The Bertz CT molecular complexity index is 476. The summed E-state index contributed by atoms with van der Waals surface area (Å²) in [6.07, 6.45) is 3.18. The number of hydrogen-bond donors (Lipinski definition) is 2. The van der Waals surface area contributed by atoms with E-state index in [1.807, 2.05) is 0 Å². The van der Waals surface area contributed by atoms with Crippen LogP contribution in [0.1, 0.15) is 43.0 Å². The number of carbonyl (C=O) groups is 1. The van der Waals surface area contributed by atoms with Crippen molar-refractivity contribution in [2.75, 3.05) is 6.61 Å². The fourth-order valence-electron chi connectivity index (χ4n) is 2.64. The summed E-state index contributed by atoms with van der Waals surface area (Å²) < 4.78 is 26.3. The van der Waals surface area contributed by atoms with E-state index >= 15 is 0 Å². The maximum atomic E-state index is 13.1. The molecule has 1 fully saturated rings. The van der Waals surface area contributed by atoms with Gasteiger partial charge in [-0.25, -0.2) is 8.78 Å². The highest BCUT2D eigenvalue weighted by molar-refractivity contribution is 5.94. The van der Waals surface area contributed by atoms with Crippen LogP contribution in [0.2, 0.25) is 0 Å². The van der Waals surface area contributed by atoms with Gasteiger partial charge in [0.25, 0.3) is 5.91 Å². The van der Waals surface area contributed by atoms with Crippen molar-refractivity contribution in [2.24, 2.45) is 5.92 Å². The molecule has 0 aromatic heterocycles. The average molecular weight is 283 g/mol. The Hall–Kier alpha value is -1.49. The molecule has 1 aliphatic carbocycles. The first-order valence-corrected chi connectivity index (χ1v) is 6.83. The van der Waals surface area contributed by atoms with Crippen LogP contribution >= 0.6 is 0 Å². The van der Waals surface area contributed by atoms with Crippen LogP contribution in [0.25, 0.3) is 0 Å². The summed E-state index contributed by atoms with van der Waals surface area (Å²) in [5.41, 5.74) is -0.735. The minimum Gasteiger partial charge on any atom is -0.394 e. The molecule has 2 rings (SSSR count). The molecule has 0 aliphatic heterocycles. The van der Waals surface area contributed by atoms with Crippen molar-refractivity contribution >= 4 is 5.91 Å². The van der Waals surface area contributed by atoms with Gasteiger partial charge in [0.1, 0.15) is 11.6 Å². The maximum Gasteiger partial charge on any atom is 0.251 e. The third-order valence-corrected chi connectivity index (χ3v) is 4.04. The molecule has 1 aromatic rings. The quantitative estimate of drug-likeness (QED) is 0.896. The first-order valence-electron chi connectivity index (χ1n) is 6.83. The van der Waals surface area contributed by atoms with E-state index < -0.39 is 23.1 Å². The van der Waals surface area contributed by atoms with Crippen LogP contribution < -0.4 is 5.32 Å². The van der Waals surface area contributed by atoms with E-state index in [1.165, 1.54) is 0 Å². The standard InChI is InChI=1S/C15H19F2NO2/c1-10-2-4-15(9-19,5-3-10)18-14(20)11-6-12(16)8-13(17)7-11/h6-8,10,19H,2-5,9H2,1H3,(H,18,20). The number of aliphatic hydroxyl groups is 1. The number of aliphatic hydroxyl groups excluding tert-OH is 1. The molecule has 2 N–H and O–H groups in total. The van der Waals surface area contributed by atoms with Crippen LogP contribution in [0.4, 0.5) is 8.78 Å². The minimum absolute atomic E-state index is 0.0612. The van der Waals surface area contributed by atoms with Gasteiger partial charge in [-0.15, -0.1) is 0 Å². The van der Waals surface area contributed by atoms with Crippen molar-refractivity contribution in [1.29, 1.82) is 0 Å². The fraction of sp³-hybridized carbons (Fsp3) is 0.533. The third-order valence-electron chi connectivity index (χ3n) is 4.04. The summed E-state index contributed by atoms with van der Waals surface area (Å²) in [7, 11) is 0. The number of benzene rings is 1. The lowest BCUT2D eigenvalue weighted by Crippen LogP contribution is -2.53.